The van der Waals surface area contributed by atoms with Gasteiger partial charge < -0.3 is 16.8 Å². The molecule has 5 nitrogen and oxygen atoms in total. The summed E-state index contributed by atoms with van der Waals surface area (Å²) in [6, 6.07) is 9.28. The SMILES string of the molecule is CC1CCC(C(C)C)C(C[C@H](Cc2ccccc2)NC(=O)[C@@H](C)N)(C(N)=O)C1.Cl. The summed E-state index contributed by atoms with van der Waals surface area (Å²) in [5, 5.41) is 3.09. The number of primary amides is 1. The van der Waals surface area contributed by atoms with Gasteiger partial charge in [0.1, 0.15) is 0 Å². The van der Waals surface area contributed by atoms with Crippen LogP contribution in [0.1, 0.15) is 58.9 Å². The minimum absolute atomic E-state index is 0. The highest BCUT2D eigenvalue weighted by Gasteiger charge is 2.49. The van der Waals surface area contributed by atoms with Crippen molar-refractivity contribution in [1.82, 2.24) is 5.32 Å². The quantitative estimate of drug-likeness (QED) is 0.597. The van der Waals surface area contributed by atoms with Crippen molar-refractivity contribution in [2.75, 3.05) is 0 Å². The van der Waals surface area contributed by atoms with E-state index in [-0.39, 0.29) is 36.2 Å². The molecule has 0 aliphatic heterocycles. The zero-order valence-electron chi connectivity index (χ0n) is 18.2. The first-order chi connectivity index (χ1) is 13.2. The number of rotatable bonds is 8. The molecule has 5 N–H and O–H groups in total. The predicted molar refractivity (Wildman–Crippen MR) is 121 cm³/mol. The number of amides is 2. The zero-order chi connectivity index (χ0) is 20.9. The van der Waals surface area contributed by atoms with E-state index in [2.05, 4.69) is 26.1 Å². The van der Waals surface area contributed by atoms with E-state index >= 15 is 0 Å². The first-order valence-corrected chi connectivity index (χ1v) is 10.6. The summed E-state index contributed by atoms with van der Waals surface area (Å²) < 4.78 is 0. The second kappa shape index (κ2) is 11.0. The van der Waals surface area contributed by atoms with Gasteiger partial charge in [0.25, 0.3) is 0 Å². The molecule has 1 aromatic carbocycles. The van der Waals surface area contributed by atoms with Crippen LogP contribution >= 0.6 is 12.4 Å². The van der Waals surface area contributed by atoms with Gasteiger partial charge in [0.2, 0.25) is 11.8 Å². The number of hydrogen-bond donors (Lipinski definition) is 3. The number of nitrogens with two attached hydrogens (primary N) is 2. The molecule has 164 valence electrons. The van der Waals surface area contributed by atoms with Crippen molar-refractivity contribution in [3.05, 3.63) is 35.9 Å². The van der Waals surface area contributed by atoms with Gasteiger partial charge in [0.05, 0.1) is 11.5 Å². The summed E-state index contributed by atoms with van der Waals surface area (Å²) in [5.41, 5.74) is 12.4. The Kier molecular flexibility index (Phi) is 9.63. The Morgan fingerprint density at radius 2 is 1.79 bits per heavy atom. The van der Waals surface area contributed by atoms with Gasteiger partial charge in [0, 0.05) is 6.04 Å². The Bertz CT molecular complexity index is 665. The van der Waals surface area contributed by atoms with E-state index in [9.17, 15) is 9.59 Å². The molecule has 29 heavy (non-hydrogen) atoms. The van der Waals surface area contributed by atoms with E-state index in [1.807, 2.05) is 30.3 Å². The first-order valence-electron chi connectivity index (χ1n) is 10.6. The predicted octanol–water partition coefficient (Wildman–Crippen LogP) is 3.44. The number of halogens is 1. The molecule has 0 bridgehead atoms. The summed E-state index contributed by atoms with van der Waals surface area (Å²) in [5.74, 6) is 0.619. The first kappa shape index (κ1) is 25.4. The molecule has 1 aliphatic rings. The summed E-state index contributed by atoms with van der Waals surface area (Å²) in [6.07, 6.45) is 4.12. The van der Waals surface area contributed by atoms with Crippen LogP contribution in [-0.2, 0) is 16.0 Å². The van der Waals surface area contributed by atoms with Gasteiger partial charge in [-0.15, -0.1) is 12.4 Å². The second-order valence-corrected chi connectivity index (χ2v) is 9.15. The maximum atomic E-state index is 12.8. The number of hydrogen-bond acceptors (Lipinski definition) is 3. The Morgan fingerprint density at radius 3 is 2.31 bits per heavy atom. The Hall–Kier alpha value is -1.59. The smallest absolute Gasteiger partial charge is 0.236 e. The minimum Gasteiger partial charge on any atom is -0.369 e. The van der Waals surface area contributed by atoms with Crippen LogP contribution in [0.3, 0.4) is 0 Å². The van der Waals surface area contributed by atoms with E-state index < -0.39 is 11.5 Å². The molecule has 1 aromatic rings. The largest absolute Gasteiger partial charge is 0.369 e. The van der Waals surface area contributed by atoms with Gasteiger partial charge in [-0.1, -0.05) is 57.5 Å². The van der Waals surface area contributed by atoms with Crippen LogP contribution in [0.15, 0.2) is 30.3 Å². The molecule has 0 aromatic heterocycles. The fourth-order valence-electron chi connectivity index (χ4n) is 5.05. The summed E-state index contributed by atoms with van der Waals surface area (Å²) in [7, 11) is 0. The molecule has 3 unspecified atom stereocenters. The fraction of sp³-hybridized carbons (Fsp3) is 0.652. The molecule has 0 heterocycles. The lowest BCUT2D eigenvalue weighted by molar-refractivity contribution is -0.138. The fourth-order valence-corrected chi connectivity index (χ4v) is 5.05. The van der Waals surface area contributed by atoms with Crippen LogP contribution < -0.4 is 16.8 Å². The molecule has 0 spiro atoms. The van der Waals surface area contributed by atoms with Crippen molar-refractivity contribution < 1.29 is 9.59 Å². The molecule has 5 atom stereocenters. The summed E-state index contributed by atoms with van der Waals surface area (Å²) in [6.45, 7) is 8.22. The van der Waals surface area contributed by atoms with Crippen LogP contribution in [0, 0.1) is 23.2 Å². The van der Waals surface area contributed by atoms with Crippen molar-refractivity contribution in [3.63, 3.8) is 0 Å². The van der Waals surface area contributed by atoms with Crippen molar-refractivity contribution >= 4 is 24.2 Å². The molecule has 1 saturated carbocycles. The van der Waals surface area contributed by atoms with E-state index in [1.54, 1.807) is 6.92 Å². The third-order valence-electron chi connectivity index (χ3n) is 6.38. The lowest BCUT2D eigenvalue weighted by Gasteiger charge is -2.48. The normalized spacial score (nSPS) is 26.3. The van der Waals surface area contributed by atoms with Crippen molar-refractivity contribution in [2.45, 2.75) is 71.9 Å². The minimum atomic E-state index is -0.601. The molecule has 6 heteroatoms. The van der Waals surface area contributed by atoms with E-state index in [1.165, 1.54) is 0 Å². The average Bonchev–Trinajstić information content (AvgIpc) is 2.61. The van der Waals surface area contributed by atoms with Crippen LogP contribution in [0.2, 0.25) is 0 Å². The van der Waals surface area contributed by atoms with Crippen LogP contribution in [0.4, 0.5) is 0 Å². The average molecular weight is 424 g/mol. The highest BCUT2D eigenvalue weighted by molar-refractivity contribution is 5.85. The standard InChI is InChI=1S/C23H37N3O2.ClH/c1-15(2)20-11-10-16(3)13-23(20,22(25)28)14-19(26-21(27)17(4)24)12-18-8-6-5-7-9-18;/h5-9,15-17,19-20H,10-14,24H2,1-4H3,(H2,25,28)(H,26,27);1H/t16?,17-,19+,20?,23?;/m1./s1. The molecular weight excluding hydrogens is 386 g/mol. The van der Waals surface area contributed by atoms with Gasteiger partial charge in [0.15, 0.2) is 0 Å². The van der Waals surface area contributed by atoms with Crippen molar-refractivity contribution in [2.24, 2.45) is 34.6 Å². The van der Waals surface area contributed by atoms with Crippen LogP contribution in [-0.4, -0.2) is 23.9 Å². The molecule has 2 rings (SSSR count). The van der Waals surface area contributed by atoms with E-state index in [4.69, 9.17) is 11.5 Å². The molecule has 1 fully saturated rings. The Labute approximate surface area is 181 Å². The Balaban J connectivity index is 0.00000420. The summed E-state index contributed by atoms with van der Waals surface area (Å²) >= 11 is 0. The van der Waals surface area contributed by atoms with Crippen LogP contribution in [0.25, 0.3) is 0 Å². The number of carbonyl (C=O) groups is 2. The molecule has 1 aliphatic carbocycles. The van der Waals surface area contributed by atoms with Gasteiger partial charge in [-0.2, -0.15) is 0 Å². The van der Waals surface area contributed by atoms with Gasteiger partial charge in [-0.3, -0.25) is 9.59 Å². The topological polar surface area (TPSA) is 98.2 Å². The lowest BCUT2D eigenvalue weighted by atomic mass is 9.57. The van der Waals surface area contributed by atoms with Crippen LogP contribution in [0.5, 0.6) is 0 Å². The highest BCUT2D eigenvalue weighted by Crippen LogP contribution is 2.50. The lowest BCUT2D eigenvalue weighted by Crippen LogP contribution is -2.54. The maximum Gasteiger partial charge on any atom is 0.236 e. The monoisotopic (exact) mass is 423 g/mol. The number of carbonyl (C=O) groups excluding carboxylic acids is 2. The number of nitrogens with one attached hydrogen (secondary N) is 1. The van der Waals surface area contributed by atoms with Gasteiger partial charge in [-0.25, -0.2) is 0 Å². The summed E-state index contributed by atoms with van der Waals surface area (Å²) in [4.78, 5) is 25.2. The van der Waals surface area contributed by atoms with Crippen molar-refractivity contribution in [1.29, 1.82) is 0 Å². The third-order valence-corrected chi connectivity index (χ3v) is 6.38. The molecular formula is C23H38ClN3O2. The molecule has 2 amide bonds. The second-order valence-electron chi connectivity index (χ2n) is 9.15. The van der Waals surface area contributed by atoms with Gasteiger partial charge in [-0.05, 0) is 55.9 Å². The zero-order valence-corrected chi connectivity index (χ0v) is 19.0. The molecule has 0 radical (unpaired) electrons. The number of benzene rings is 1. The highest BCUT2D eigenvalue weighted by atomic mass is 35.5. The third kappa shape index (κ3) is 6.45. The maximum absolute atomic E-state index is 12.8. The van der Waals surface area contributed by atoms with Crippen molar-refractivity contribution in [3.8, 4) is 0 Å². The van der Waals surface area contributed by atoms with E-state index in [0.717, 1.165) is 24.8 Å². The molecule has 0 saturated heterocycles. The Morgan fingerprint density at radius 1 is 1.17 bits per heavy atom. The van der Waals surface area contributed by atoms with E-state index in [0.29, 0.717) is 24.7 Å². The van der Waals surface area contributed by atoms with Gasteiger partial charge >= 0.3 is 0 Å².